The SMILES string of the molecule is C[C@H]1CCCC[C@H]1NC(=O)CSc1nnc2ccc(S(=O)(=O)N(C)C)cn12. The molecule has 0 spiro atoms. The molecule has 1 fully saturated rings. The number of nitrogens with zero attached hydrogens (tertiary/aromatic N) is 4. The zero-order valence-corrected chi connectivity index (χ0v) is 17.4. The van der Waals surface area contributed by atoms with Gasteiger partial charge in [0.05, 0.1) is 10.6 Å². The van der Waals surface area contributed by atoms with Crippen LogP contribution in [0.3, 0.4) is 0 Å². The summed E-state index contributed by atoms with van der Waals surface area (Å²) >= 11 is 1.25. The Morgan fingerprint density at radius 2 is 2.04 bits per heavy atom. The summed E-state index contributed by atoms with van der Waals surface area (Å²) in [6, 6.07) is 3.35. The fourth-order valence-electron chi connectivity index (χ4n) is 3.22. The average Bonchev–Trinajstić information content (AvgIpc) is 3.04. The zero-order valence-electron chi connectivity index (χ0n) is 15.8. The van der Waals surface area contributed by atoms with Crippen LogP contribution in [0.5, 0.6) is 0 Å². The van der Waals surface area contributed by atoms with Gasteiger partial charge in [-0.3, -0.25) is 9.20 Å². The maximum absolute atomic E-state index is 12.3. The average molecular weight is 412 g/mol. The van der Waals surface area contributed by atoms with Gasteiger partial charge in [-0.15, -0.1) is 10.2 Å². The van der Waals surface area contributed by atoms with Crippen molar-refractivity contribution in [1.29, 1.82) is 0 Å². The molecule has 2 atom stereocenters. The Morgan fingerprint density at radius 1 is 1.30 bits per heavy atom. The van der Waals surface area contributed by atoms with Gasteiger partial charge in [0.2, 0.25) is 15.9 Å². The van der Waals surface area contributed by atoms with Crippen LogP contribution >= 0.6 is 11.8 Å². The van der Waals surface area contributed by atoms with E-state index in [1.54, 1.807) is 10.5 Å². The molecule has 1 N–H and O–H groups in total. The number of fused-ring (bicyclic) bond motifs is 1. The van der Waals surface area contributed by atoms with Crippen molar-refractivity contribution >= 4 is 33.3 Å². The highest BCUT2D eigenvalue weighted by Crippen LogP contribution is 2.24. The van der Waals surface area contributed by atoms with Gasteiger partial charge in [-0.05, 0) is 30.9 Å². The van der Waals surface area contributed by atoms with E-state index >= 15 is 0 Å². The second-order valence-electron chi connectivity index (χ2n) is 7.09. The normalized spacial score (nSPS) is 20.9. The van der Waals surface area contributed by atoms with Gasteiger partial charge in [-0.2, -0.15) is 0 Å². The van der Waals surface area contributed by atoms with E-state index in [1.165, 1.54) is 44.5 Å². The molecule has 0 aliphatic heterocycles. The van der Waals surface area contributed by atoms with Gasteiger partial charge in [0.1, 0.15) is 0 Å². The summed E-state index contributed by atoms with van der Waals surface area (Å²) in [6.45, 7) is 2.18. The lowest BCUT2D eigenvalue weighted by Gasteiger charge is -2.29. The lowest BCUT2D eigenvalue weighted by molar-refractivity contribution is -0.119. The molecule has 2 aromatic heterocycles. The van der Waals surface area contributed by atoms with Gasteiger partial charge in [-0.25, -0.2) is 12.7 Å². The number of nitrogens with one attached hydrogen (secondary N) is 1. The van der Waals surface area contributed by atoms with Crippen molar-refractivity contribution in [3.63, 3.8) is 0 Å². The summed E-state index contributed by atoms with van der Waals surface area (Å²) in [6.07, 6.45) is 6.05. The fraction of sp³-hybridized carbons (Fsp3) is 0.588. The van der Waals surface area contributed by atoms with E-state index in [1.807, 2.05) is 0 Å². The molecular formula is C17H25N5O3S2. The monoisotopic (exact) mass is 411 g/mol. The Hall–Kier alpha value is -1.65. The standard InChI is InChI=1S/C17H25N5O3S2/c1-12-6-4-5-7-14(12)18-16(23)11-26-17-20-19-15-9-8-13(10-22(15)17)27(24,25)21(2)3/h8-10,12,14H,4-7,11H2,1-3H3,(H,18,23)/t12-,14+/m0/s1. The molecule has 10 heteroatoms. The van der Waals surface area contributed by atoms with Gasteiger partial charge in [0.15, 0.2) is 10.8 Å². The molecule has 1 saturated carbocycles. The molecule has 1 aliphatic rings. The number of hydrogen-bond acceptors (Lipinski definition) is 6. The molecule has 148 valence electrons. The molecule has 0 bridgehead atoms. The van der Waals surface area contributed by atoms with Crippen LogP contribution in [0.4, 0.5) is 0 Å². The lowest BCUT2D eigenvalue weighted by Crippen LogP contribution is -2.41. The minimum absolute atomic E-state index is 0.0347. The Labute approximate surface area is 163 Å². The first-order valence-corrected chi connectivity index (χ1v) is 11.4. The Balaban J connectivity index is 1.70. The Kier molecular flexibility index (Phi) is 6.07. The Bertz CT molecular complexity index is 926. The van der Waals surface area contributed by atoms with Crippen LogP contribution in [-0.4, -0.2) is 59.1 Å². The van der Waals surface area contributed by atoms with E-state index in [4.69, 9.17) is 0 Å². The van der Waals surface area contributed by atoms with E-state index in [9.17, 15) is 13.2 Å². The second-order valence-corrected chi connectivity index (χ2v) is 10.2. The first-order valence-electron chi connectivity index (χ1n) is 8.98. The van der Waals surface area contributed by atoms with E-state index in [-0.39, 0.29) is 22.6 Å². The van der Waals surface area contributed by atoms with E-state index in [2.05, 4.69) is 22.4 Å². The summed E-state index contributed by atoms with van der Waals surface area (Å²) in [5.41, 5.74) is 0.538. The maximum Gasteiger partial charge on any atom is 0.244 e. The van der Waals surface area contributed by atoms with Crippen molar-refractivity contribution in [2.24, 2.45) is 5.92 Å². The molecule has 3 rings (SSSR count). The van der Waals surface area contributed by atoms with Gasteiger partial charge in [0, 0.05) is 26.3 Å². The number of pyridine rings is 1. The first-order chi connectivity index (χ1) is 12.8. The van der Waals surface area contributed by atoms with Crippen LogP contribution in [0, 0.1) is 5.92 Å². The number of sulfonamides is 1. The van der Waals surface area contributed by atoms with Gasteiger partial charge in [-0.1, -0.05) is 31.5 Å². The molecule has 0 aromatic carbocycles. The maximum atomic E-state index is 12.3. The van der Waals surface area contributed by atoms with E-state index in [0.29, 0.717) is 16.7 Å². The third kappa shape index (κ3) is 4.44. The molecule has 2 heterocycles. The molecule has 1 aliphatic carbocycles. The van der Waals surface area contributed by atoms with Gasteiger partial charge >= 0.3 is 0 Å². The largest absolute Gasteiger partial charge is 0.352 e. The lowest BCUT2D eigenvalue weighted by atomic mass is 9.86. The molecule has 0 unspecified atom stereocenters. The van der Waals surface area contributed by atoms with Crippen molar-refractivity contribution in [2.75, 3.05) is 19.8 Å². The predicted octanol–water partition coefficient (Wildman–Crippen LogP) is 1.77. The summed E-state index contributed by atoms with van der Waals surface area (Å²) in [7, 11) is -0.583. The van der Waals surface area contributed by atoms with Crippen LogP contribution in [-0.2, 0) is 14.8 Å². The first kappa shape index (κ1) is 20.1. The predicted molar refractivity (Wildman–Crippen MR) is 104 cm³/mol. The molecule has 8 nitrogen and oxygen atoms in total. The third-order valence-corrected chi connectivity index (χ3v) is 7.65. The number of thioether (sulfide) groups is 1. The topological polar surface area (TPSA) is 96.7 Å². The summed E-state index contributed by atoms with van der Waals surface area (Å²) < 4.78 is 27.4. The number of amides is 1. The summed E-state index contributed by atoms with van der Waals surface area (Å²) in [4.78, 5) is 12.5. The van der Waals surface area contributed by atoms with Crippen LogP contribution in [0.25, 0.3) is 5.65 Å². The number of aromatic nitrogens is 3. The molecule has 27 heavy (non-hydrogen) atoms. The molecule has 2 aromatic rings. The number of carbonyl (C=O) groups is 1. The van der Waals surface area contributed by atoms with Gasteiger partial charge in [0.25, 0.3) is 0 Å². The number of hydrogen-bond donors (Lipinski definition) is 1. The third-order valence-electron chi connectivity index (χ3n) is 4.91. The van der Waals surface area contributed by atoms with E-state index in [0.717, 1.165) is 23.6 Å². The number of carbonyl (C=O) groups excluding carboxylic acids is 1. The smallest absolute Gasteiger partial charge is 0.244 e. The highest BCUT2D eigenvalue weighted by atomic mass is 32.2. The molecule has 1 amide bonds. The van der Waals surface area contributed by atoms with Crippen LogP contribution in [0.2, 0.25) is 0 Å². The molecule has 0 radical (unpaired) electrons. The summed E-state index contributed by atoms with van der Waals surface area (Å²) in [5, 5.41) is 11.7. The Morgan fingerprint density at radius 3 is 2.74 bits per heavy atom. The van der Waals surface area contributed by atoms with Crippen LogP contribution < -0.4 is 5.32 Å². The van der Waals surface area contributed by atoms with Crippen molar-refractivity contribution in [2.45, 2.75) is 48.7 Å². The number of rotatable bonds is 6. The molecule has 0 saturated heterocycles. The minimum atomic E-state index is -3.55. The molecular weight excluding hydrogens is 386 g/mol. The van der Waals surface area contributed by atoms with Gasteiger partial charge < -0.3 is 5.32 Å². The van der Waals surface area contributed by atoms with Crippen LogP contribution in [0.1, 0.15) is 32.6 Å². The fourth-order valence-corrected chi connectivity index (χ4v) is 4.85. The van der Waals surface area contributed by atoms with Crippen molar-refractivity contribution < 1.29 is 13.2 Å². The van der Waals surface area contributed by atoms with Crippen molar-refractivity contribution in [3.8, 4) is 0 Å². The second kappa shape index (κ2) is 8.15. The van der Waals surface area contributed by atoms with E-state index < -0.39 is 10.0 Å². The zero-order chi connectivity index (χ0) is 19.6. The minimum Gasteiger partial charge on any atom is -0.352 e. The quantitative estimate of drug-likeness (QED) is 0.728. The highest BCUT2D eigenvalue weighted by molar-refractivity contribution is 7.99. The van der Waals surface area contributed by atoms with Crippen LogP contribution in [0.15, 0.2) is 28.4 Å². The van der Waals surface area contributed by atoms with Crippen molar-refractivity contribution in [3.05, 3.63) is 18.3 Å². The van der Waals surface area contributed by atoms with Crippen molar-refractivity contribution in [1.82, 2.24) is 24.2 Å². The summed E-state index contributed by atoms with van der Waals surface area (Å²) in [5.74, 6) is 0.683. The highest BCUT2D eigenvalue weighted by Gasteiger charge is 2.23.